The van der Waals surface area contributed by atoms with Crippen molar-refractivity contribution in [3.05, 3.63) is 53.2 Å². The van der Waals surface area contributed by atoms with Gasteiger partial charge in [-0.25, -0.2) is 0 Å². The zero-order chi connectivity index (χ0) is 17.9. The number of hydrogen-bond acceptors (Lipinski definition) is 5. The maximum Gasteiger partial charge on any atom is 0.257 e. The number of aromatic nitrogens is 1. The van der Waals surface area contributed by atoms with Gasteiger partial charge >= 0.3 is 0 Å². The molecule has 0 radical (unpaired) electrons. The van der Waals surface area contributed by atoms with Crippen molar-refractivity contribution in [3.8, 4) is 0 Å². The third-order valence-corrected chi connectivity index (χ3v) is 5.06. The molecule has 1 atom stereocenters. The predicted molar refractivity (Wildman–Crippen MR) is 93.9 cm³/mol. The van der Waals surface area contributed by atoms with Gasteiger partial charge in [-0.05, 0) is 30.9 Å². The number of amides is 1. The van der Waals surface area contributed by atoms with Gasteiger partial charge in [0.25, 0.3) is 5.91 Å². The summed E-state index contributed by atoms with van der Waals surface area (Å²) in [6.07, 6.45) is 8.79. The number of carbonyl (C=O) groups excluding carboxylic acids is 2. The first kappa shape index (κ1) is 17.0. The molecule has 0 unspecified atom stereocenters. The largest absolute Gasteiger partial charge is 0.468 e. The highest BCUT2D eigenvalue weighted by atomic mass is 16.5. The van der Waals surface area contributed by atoms with Crippen molar-refractivity contribution in [3.63, 3.8) is 0 Å². The van der Waals surface area contributed by atoms with Crippen LogP contribution in [-0.2, 0) is 17.8 Å². The average molecular weight is 354 g/mol. The van der Waals surface area contributed by atoms with E-state index in [4.69, 9.17) is 9.15 Å². The summed E-state index contributed by atoms with van der Waals surface area (Å²) in [5.74, 6) is 0.552. The van der Waals surface area contributed by atoms with E-state index in [1.807, 2.05) is 12.1 Å². The van der Waals surface area contributed by atoms with Gasteiger partial charge in [0, 0.05) is 38.3 Å². The average Bonchev–Trinajstić information content (AvgIpc) is 3.12. The Hall–Kier alpha value is -2.47. The van der Waals surface area contributed by atoms with Gasteiger partial charge in [-0.2, -0.15) is 0 Å². The fraction of sp³-hybridized carbons (Fsp3) is 0.450. The van der Waals surface area contributed by atoms with E-state index in [0.717, 1.165) is 31.2 Å². The minimum absolute atomic E-state index is 0.00802. The second kappa shape index (κ2) is 7.41. The summed E-state index contributed by atoms with van der Waals surface area (Å²) < 4.78 is 11.5. The smallest absolute Gasteiger partial charge is 0.257 e. The fourth-order valence-corrected chi connectivity index (χ4v) is 3.71. The highest BCUT2D eigenvalue weighted by Gasteiger charge is 2.32. The SMILES string of the molecule is O=C1CCCc2occ(C(=O)N3CCC[C@H](OCc4cccnc4)C3)c21. The third kappa shape index (κ3) is 3.42. The first-order valence-electron chi connectivity index (χ1n) is 9.15. The number of rotatable bonds is 4. The lowest BCUT2D eigenvalue weighted by Crippen LogP contribution is -2.43. The second-order valence-corrected chi connectivity index (χ2v) is 6.91. The van der Waals surface area contributed by atoms with E-state index in [1.165, 1.54) is 6.26 Å². The van der Waals surface area contributed by atoms with Crippen LogP contribution in [0, 0.1) is 0 Å². The number of ether oxygens (including phenoxy) is 1. The van der Waals surface area contributed by atoms with E-state index < -0.39 is 0 Å². The maximum absolute atomic E-state index is 12.9. The van der Waals surface area contributed by atoms with Gasteiger partial charge in [0.15, 0.2) is 5.78 Å². The standard InChI is InChI=1S/C20H22N2O4/c23-17-6-1-7-18-19(17)16(13-26-18)20(24)22-9-3-5-15(11-22)25-12-14-4-2-8-21-10-14/h2,4,8,10,13,15H,1,3,5-7,9,11-12H2/t15-/m0/s1. The number of fused-ring (bicyclic) bond motifs is 1. The first-order valence-corrected chi connectivity index (χ1v) is 9.15. The van der Waals surface area contributed by atoms with Crippen LogP contribution < -0.4 is 0 Å². The molecule has 1 saturated heterocycles. The molecule has 2 aliphatic rings. The molecule has 26 heavy (non-hydrogen) atoms. The molecule has 136 valence electrons. The number of hydrogen-bond donors (Lipinski definition) is 0. The predicted octanol–water partition coefficient (Wildman–Crippen LogP) is 3.02. The molecule has 1 aliphatic carbocycles. The van der Waals surface area contributed by atoms with Gasteiger partial charge in [0.05, 0.1) is 23.8 Å². The van der Waals surface area contributed by atoms with Gasteiger partial charge in [0.1, 0.15) is 12.0 Å². The maximum atomic E-state index is 12.9. The molecule has 6 nitrogen and oxygen atoms in total. The number of aryl methyl sites for hydroxylation is 1. The number of ketones is 1. The van der Waals surface area contributed by atoms with Crippen molar-refractivity contribution < 1.29 is 18.7 Å². The van der Waals surface area contributed by atoms with Crippen molar-refractivity contribution in [2.45, 2.75) is 44.8 Å². The number of furan rings is 1. The lowest BCUT2D eigenvalue weighted by Gasteiger charge is -2.32. The summed E-state index contributed by atoms with van der Waals surface area (Å²) in [7, 11) is 0. The number of likely N-dealkylation sites (tertiary alicyclic amines) is 1. The summed E-state index contributed by atoms with van der Waals surface area (Å²) in [6.45, 7) is 1.70. The highest BCUT2D eigenvalue weighted by molar-refractivity contribution is 6.09. The van der Waals surface area contributed by atoms with E-state index in [0.29, 0.717) is 43.0 Å². The van der Waals surface area contributed by atoms with Crippen LogP contribution in [0.1, 0.15) is 57.7 Å². The third-order valence-electron chi connectivity index (χ3n) is 5.06. The Bertz CT molecular complexity index is 799. The minimum Gasteiger partial charge on any atom is -0.468 e. The van der Waals surface area contributed by atoms with E-state index >= 15 is 0 Å². The van der Waals surface area contributed by atoms with E-state index in [-0.39, 0.29) is 17.8 Å². The molecule has 0 bridgehead atoms. The number of pyridine rings is 1. The van der Waals surface area contributed by atoms with Gasteiger partial charge in [-0.1, -0.05) is 6.07 Å². The Balaban J connectivity index is 1.42. The molecule has 1 aliphatic heterocycles. The molecule has 2 aromatic heterocycles. The molecule has 1 fully saturated rings. The highest BCUT2D eigenvalue weighted by Crippen LogP contribution is 2.28. The monoisotopic (exact) mass is 354 g/mol. The van der Waals surface area contributed by atoms with Gasteiger partial charge in [0.2, 0.25) is 0 Å². The normalized spacial score (nSPS) is 20.1. The topological polar surface area (TPSA) is 72.6 Å². The molecule has 6 heteroatoms. The summed E-state index contributed by atoms with van der Waals surface area (Å²) in [6, 6.07) is 3.86. The molecule has 1 amide bonds. The minimum atomic E-state index is -0.125. The first-order chi connectivity index (χ1) is 12.7. The quantitative estimate of drug-likeness (QED) is 0.844. The number of nitrogens with zero attached hydrogens (tertiary/aromatic N) is 2. The van der Waals surface area contributed by atoms with Crippen LogP contribution in [-0.4, -0.2) is 40.8 Å². The molecule has 4 rings (SSSR count). The Labute approximate surface area is 152 Å². The van der Waals surface area contributed by atoms with Crippen LogP contribution in [0.4, 0.5) is 0 Å². The molecular formula is C20H22N2O4. The summed E-state index contributed by atoms with van der Waals surface area (Å²) >= 11 is 0. The molecule has 0 saturated carbocycles. The number of piperidine rings is 1. The number of carbonyl (C=O) groups is 2. The van der Waals surface area contributed by atoms with E-state index in [9.17, 15) is 9.59 Å². The zero-order valence-electron chi connectivity index (χ0n) is 14.6. The van der Waals surface area contributed by atoms with Gasteiger partial charge in [-0.15, -0.1) is 0 Å². The Morgan fingerprint density at radius 2 is 2.27 bits per heavy atom. The van der Waals surface area contributed by atoms with Crippen molar-refractivity contribution in [1.82, 2.24) is 9.88 Å². The lowest BCUT2D eigenvalue weighted by atomic mass is 9.93. The molecule has 0 spiro atoms. The Morgan fingerprint density at radius 3 is 3.12 bits per heavy atom. The molecule has 3 heterocycles. The van der Waals surface area contributed by atoms with E-state index in [2.05, 4.69) is 4.98 Å². The van der Waals surface area contributed by atoms with Crippen LogP contribution in [0.5, 0.6) is 0 Å². The second-order valence-electron chi connectivity index (χ2n) is 6.91. The lowest BCUT2D eigenvalue weighted by molar-refractivity contribution is -0.00685. The van der Waals surface area contributed by atoms with Crippen LogP contribution in [0.15, 0.2) is 35.2 Å². The van der Waals surface area contributed by atoms with Crippen LogP contribution in [0.25, 0.3) is 0 Å². The summed E-state index contributed by atoms with van der Waals surface area (Å²) in [5, 5.41) is 0. The van der Waals surface area contributed by atoms with Crippen LogP contribution in [0.3, 0.4) is 0 Å². The van der Waals surface area contributed by atoms with E-state index in [1.54, 1.807) is 17.3 Å². The number of Topliss-reactive ketones (excluding diaryl/α,β-unsaturated/α-hetero) is 1. The zero-order valence-corrected chi connectivity index (χ0v) is 14.6. The molecular weight excluding hydrogens is 332 g/mol. The van der Waals surface area contributed by atoms with Gasteiger partial charge in [-0.3, -0.25) is 14.6 Å². The van der Waals surface area contributed by atoms with Crippen molar-refractivity contribution in [1.29, 1.82) is 0 Å². The van der Waals surface area contributed by atoms with Gasteiger partial charge < -0.3 is 14.1 Å². The Morgan fingerprint density at radius 1 is 1.35 bits per heavy atom. The van der Waals surface area contributed by atoms with Crippen LogP contribution >= 0.6 is 0 Å². The Kier molecular flexibility index (Phi) is 4.84. The molecule has 0 N–H and O–H groups in total. The van der Waals surface area contributed by atoms with Crippen molar-refractivity contribution in [2.75, 3.05) is 13.1 Å². The molecule has 0 aromatic carbocycles. The summed E-state index contributed by atoms with van der Waals surface area (Å²) in [4.78, 5) is 31.0. The van der Waals surface area contributed by atoms with Crippen molar-refractivity contribution >= 4 is 11.7 Å². The van der Waals surface area contributed by atoms with Crippen LogP contribution in [0.2, 0.25) is 0 Å². The summed E-state index contributed by atoms with van der Waals surface area (Å²) in [5.41, 5.74) is 1.93. The fourth-order valence-electron chi connectivity index (χ4n) is 3.71. The van der Waals surface area contributed by atoms with Crippen molar-refractivity contribution in [2.24, 2.45) is 0 Å². The molecule has 2 aromatic rings.